The minimum Gasteiger partial charge on any atom is -0.452 e. The van der Waals surface area contributed by atoms with Gasteiger partial charge in [-0.2, -0.15) is 4.98 Å². The van der Waals surface area contributed by atoms with Crippen LogP contribution in [0.1, 0.15) is 27.0 Å². The van der Waals surface area contributed by atoms with Crippen LogP contribution in [-0.4, -0.2) is 56.2 Å². The van der Waals surface area contributed by atoms with Crippen molar-refractivity contribution in [3.63, 3.8) is 0 Å². The maximum Gasteiger partial charge on any atom is 0.365 e. The number of ether oxygens (including phenoxy) is 2. The Morgan fingerprint density at radius 2 is 2.24 bits per heavy atom. The lowest BCUT2D eigenvalue weighted by Crippen LogP contribution is -2.68. The van der Waals surface area contributed by atoms with Gasteiger partial charge in [0.25, 0.3) is 0 Å². The summed E-state index contributed by atoms with van der Waals surface area (Å²) in [4.78, 5) is 27.8. The third-order valence-electron chi connectivity index (χ3n) is 4.35. The molecule has 7 N–H and O–H groups in total. The summed E-state index contributed by atoms with van der Waals surface area (Å²) in [6, 6.07) is 0.730. The van der Waals surface area contributed by atoms with Gasteiger partial charge in [-0.3, -0.25) is 4.57 Å². The molecule has 5 atom stereocenters. The average Bonchev–Trinajstić information content (AvgIpc) is 2.77. The highest BCUT2D eigenvalue weighted by molar-refractivity contribution is 5.74. The second kappa shape index (κ2) is 7.08. The molecule has 2 rings (SSSR count). The molecule has 25 heavy (non-hydrogen) atoms. The molecule has 1 saturated heterocycles. The Balaban J connectivity index is 2.32. The molecule has 0 spiro atoms. The highest BCUT2D eigenvalue weighted by Crippen LogP contribution is 2.39. The molecule has 1 fully saturated rings. The molecule has 1 aliphatic rings. The second-order valence-corrected chi connectivity index (χ2v) is 6.69. The summed E-state index contributed by atoms with van der Waals surface area (Å²) in [6.07, 6.45) is -2.07. The van der Waals surface area contributed by atoms with E-state index in [1.54, 1.807) is 0 Å². The molecule has 1 unspecified atom stereocenters. The van der Waals surface area contributed by atoms with Gasteiger partial charge in [0.2, 0.25) is 0 Å². The third-order valence-corrected chi connectivity index (χ3v) is 4.35. The van der Waals surface area contributed by atoms with Crippen molar-refractivity contribution in [3.8, 4) is 0 Å². The van der Waals surface area contributed by atoms with Crippen molar-refractivity contribution in [2.45, 2.75) is 50.8 Å². The van der Waals surface area contributed by atoms with E-state index in [-0.39, 0.29) is 11.7 Å². The number of nitrogen functional groups attached to an aromatic ring is 1. The summed E-state index contributed by atoms with van der Waals surface area (Å²) in [5.74, 6) is -0.657. The number of nitrogens with two attached hydrogens (primary N) is 1. The molecule has 0 saturated carbocycles. The van der Waals surface area contributed by atoms with Crippen molar-refractivity contribution in [2.24, 2.45) is 5.92 Å². The number of esters is 1. The van der Waals surface area contributed by atoms with Gasteiger partial charge in [-0.05, 0) is 13.0 Å². The molecule has 10 heteroatoms. The maximum atomic E-state index is 12.2. The first-order chi connectivity index (χ1) is 11.6. The van der Waals surface area contributed by atoms with Crippen LogP contribution in [0.25, 0.3) is 0 Å². The molecule has 2 heterocycles. The normalized spacial score (nSPS) is 30.4. The minimum absolute atomic E-state index is 0.0254. The van der Waals surface area contributed by atoms with Gasteiger partial charge in [0.05, 0.1) is 6.61 Å². The Labute approximate surface area is 144 Å². The van der Waals surface area contributed by atoms with E-state index in [9.17, 15) is 19.8 Å². The van der Waals surface area contributed by atoms with Crippen LogP contribution in [-0.2, 0) is 14.3 Å². The van der Waals surface area contributed by atoms with Crippen molar-refractivity contribution < 1.29 is 30.2 Å². The number of aliphatic hydroxyl groups excluding tert-OH is 1. The summed E-state index contributed by atoms with van der Waals surface area (Å²) in [5, 5.41) is 20.4. The molecule has 140 valence electrons. The molecule has 0 aromatic carbocycles. The van der Waals surface area contributed by atoms with Gasteiger partial charge in [-0.15, -0.1) is 0 Å². The number of hydrogen-bond donors (Lipinski definition) is 4. The number of aromatic nitrogens is 2. The molecular weight excluding hydrogens is 332 g/mol. The number of hydrogen-bond acceptors (Lipinski definition) is 8. The quantitative estimate of drug-likeness (QED) is 0.425. The fourth-order valence-electron chi connectivity index (χ4n) is 2.66. The van der Waals surface area contributed by atoms with E-state index >= 15 is 0 Å². The highest BCUT2D eigenvalue weighted by atomic mass is 16.6. The van der Waals surface area contributed by atoms with E-state index in [2.05, 4.69) is 10.7 Å². The van der Waals surface area contributed by atoms with Gasteiger partial charge in [-0.25, -0.2) is 9.59 Å². The minimum atomic E-state index is -1.78. The number of quaternary nitrogens is 1. The standard InChI is InChI=1S/C15H24N4O6/c1-7(2)10(17)12(21)25-11-8(6-20)24-13(15(11,3)23)19-5-4-9(16)18-14(19)22/h4-5,7-8,10-11,13,20,23H,6,17H2,1-3H3,(H2,16,18,22)/p+1/t8-,10?,11-,13-,15-/m1/s1. The fraction of sp³-hybridized carbons (Fsp3) is 0.667. The van der Waals surface area contributed by atoms with Crippen molar-refractivity contribution in [1.82, 2.24) is 9.55 Å². The summed E-state index contributed by atoms with van der Waals surface area (Å²) in [7, 11) is 0. The lowest BCUT2D eigenvalue weighted by atomic mass is 9.95. The predicted molar refractivity (Wildman–Crippen MR) is 85.9 cm³/mol. The summed E-state index contributed by atoms with van der Waals surface area (Å²) in [5.41, 5.74) is 6.69. The first-order valence-corrected chi connectivity index (χ1v) is 7.96. The van der Waals surface area contributed by atoms with Crippen molar-refractivity contribution in [1.29, 1.82) is 0 Å². The number of aliphatic hydroxyl groups is 2. The monoisotopic (exact) mass is 357 g/mol. The Hall–Kier alpha value is -2.01. The molecule has 1 aromatic rings. The van der Waals surface area contributed by atoms with Crippen molar-refractivity contribution >= 4 is 11.8 Å². The topological polar surface area (TPSA) is 165 Å². The van der Waals surface area contributed by atoms with E-state index in [1.807, 2.05) is 13.8 Å². The maximum absolute atomic E-state index is 12.2. The lowest BCUT2D eigenvalue weighted by Gasteiger charge is -2.30. The molecule has 1 aliphatic heterocycles. The SMILES string of the molecule is CC(C)C([NH3+])C(=O)O[C@@H]1[C@@H](CO)O[C@@H](n2ccc(N)nc2=O)[C@]1(C)O. The van der Waals surface area contributed by atoms with Crippen LogP contribution in [0.4, 0.5) is 5.82 Å². The molecular formula is C15H25N4O6+. The van der Waals surface area contributed by atoms with Crippen LogP contribution in [0.15, 0.2) is 17.1 Å². The van der Waals surface area contributed by atoms with Crippen molar-refractivity contribution in [3.05, 3.63) is 22.7 Å². The van der Waals surface area contributed by atoms with E-state index in [0.29, 0.717) is 0 Å². The third kappa shape index (κ3) is 3.66. The van der Waals surface area contributed by atoms with Gasteiger partial charge in [0, 0.05) is 12.1 Å². The Morgan fingerprint density at radius 3 is 2.76 bits per heavy atom. The fourth-order valence-corrected chi connectivity index (χ4v) is 2.66. The molecule has 0 aliphatic carbocycles. The van der Waals surface area contributed by atoms with Gasteiger partial charge >= 0.3 is 11.7 Å². The van der Waals surface area contributed by atoms with E-state index in [1.165, 1.54) is 19.2 Å². The first kappa shape index (κ1) is 19.3. The smallest absolute Gasteiger partial charge is 0.365 e. The Kier molecular flexibility index (Phi) is 5.47. The summed E-state index contributed by atoms with van der Waals surface area (Å²) in [6.45, 7) is 4.48. The van der Waals surface area contributed by atoms with Gasteiger partial charge in [0.1, 0.15) is 17.5 Å². The molecule has 10 nitrogen and oxygen atoms in total. The zero-order valence-corrected chi connectivity index (χ0v) is 14.5. The zero-order chi connectivity index (χ0) is 18.9. The van der Waals surface area contributed by atoms with Crippen LogP contribution in [0.2, 0.25) is 0 Å². The Bertz CT molecular complexity index is 689. The second-order valence-electron chi connectivity index (χ2n) is 6.69. The van der Waals surface area contributed by atoms with Gasteiger partial charge < -0.3 is 31.2 Å². The van der Waals surface area contributed by atoms with Crippen molar-refractivity contribution in [2.75, 3.05) is 12.3 Å². The molecule has 0 amide bonds. The van der Waals surface area contributed by atoms with Crippen LogP contribution in [0.5, 0.6) is 0 Å². The molecule has 0 radical (unpaired) electrons. The highest BCUT2D eigenvalue weighted by Gasteiger charge is 2.56. The van der Waals surface area contributed by atoms with Gasteiger partial charge in [0.15, 0.2) is 18.4 Å². The van der Waals surface area contributed by atoms with Crippen LogP contribution in [0.3, 0.4) is 0 Å². The van der Waals surface area contributed by atoms with E-state index in [4.69, 9.17) is 15.2 Å². The number of anilines is 1. The van der Waals surface area contributed by atoms with Crippen LogP contribution in [0, 0.1) is 5.92 Å². The number of rotatable bonds is 5. The van der Waals surface area contributed by atoms with Crippen LogP contribution >= 0.6 is 0 Å². The number of carbonyl (C=O) groups excluding carboxylic acids is 1. The zero-order valence-electron chi connectivity index (χ0n) is 14.5. The first-order valence-electron chi connectivity index (χ1n) is 7.96. The van der Waals surface area contributed by atoms with E-state index in [0.717, 1.165) is 4.57 Å². The van der Waals surface area contributed by atoms with E-state index < -0.39 is 48.3 Å². The lowest BCUT2D eigenvalue weighted by molar-refractivity contribution is -0.419. The van der Waals surface area contributed by atoms with Gasteiger partial charge in [-0.1, -0.05) is 13.8 Å². The molecule has 0 bridgehead atoms. The van der Waals surface area contributed by atoms with Crippen LogP contribution < -0.4 is 17.2 Å². The number of nitrogens with zero attached hydrogens (tertiary/aromatic N) is 2. The predicted octanol–water partition coefficient (Wildman–Crippen LogP) is -2.36. The number of carbonyl (C=O) groups is 1. The molecule has 1 aromatic heterocycles. The largest absolute Gasteiger partial charge is 0.452 e. The Morgan fingerprint density at radius 1 is 1.60 bits per heavy atom. The average molecular weight is 357 g/mol. The summed E-state index contributed by atoms with van der Waals surface area (Å²) < 4.78 is 12.0. The summed E-state index contributed by atoms with van der Waals surface area (Å²) >= 11 is 0.